The zero-order valence-electron chi connectivity index (χ0n) is 12.3. The van der Waals surface area contributed by atoms with Gasteiger partial charge in [-0.15, -0.1) is 0 Å². The second kappa shape index (κ2) is 4.85. The number of likely N-dealkylation sites (tertiary alicyclic amines) is 1. The number of hydrogen-bond donors (Lipinski definition) is 1. The SMILES string of the molecule is Cc1ccc(Cl)cc1NCN1C(=O)[C@@H]2[C@@H](C1=O)[C@H]1C=C[C@H]2C1. The van der Waals surface area contributed by atoms with Gasteiger partial charge in [-0.25, -0.2) is 0 Å². The summed E-state index contributed by atoms with van der Waals surface area (Å²) >= 11 is 6.00. The Hall–Kier alpha value is -1.81. The van der Waals surface area contributed by atoms with Gasteiger partial charge in [0.1, 0.15) is 0 Å². The first kappa shape index (κ1) is 13.8. The topological polar surface area (TPSA) is 49.4 Å². The molecule has 1 heterocycles. The van der Waals surface area contributed by atoms with Gasteiger partial charge in [0, 0.05) is 10.7 Å². The number of nitrogens with one attached hydrogen (secondary N) is 1. The minimum absolute atomic E-state index is 0.0287. The smallest absolute Gasteiger partial charge is 0.235 e. The first-order chi connectivity index (χ1) is 10.6. The highest BCUT2D eigenvalue weighted by Crippen LogP contribution is 2.52. The first-order valence-corrected chi connectivity index (χ1v) is 7.97. The van der Waals surface area contributed by atoms with Crippen molar-refractivity contribution < 1.29 is 9.59 Å². The fourth-order valence-electron chi connectivity index (χ4n) is 4.07. The predicted molar refractivity (Wildman–Crippen MR) is 84.2 cm³/mol. The molecule has 1 saturated heterocycles. The molecule has 1 aromatic rings. The third kappa shape index (κ3) is 1.90. The van der Waals surface area contributed by atoms with E-state index in [1.807, 2.05) is 25.1 Å². The van der Waals surface area contributed by atoms with Crippen LogP contribution in [0.3, 0.4) is 0 Å². The normalized spacial score (nSPS) is 32.0. The Balaban J connectivity index is 1.51. The van der Waals surface area contributed by atoms with Crippen molar-refractivity contribution in [2.45, 2.75) is 13.3 Å². The molecule has 4 nitrogen and oxygen atoms in total. The number of anilines is 1. The summed E-state index contributed by atoms with van der Waals surface area (Å²) in [4.78, 5) is 26.5. The summed E-state index contributed by atoms with van der Waals surface area (Å²) < 4.78 is 0. The molecule has 0 unspecified atom stereocenters. The molecule has 2 aliphatic carbocycles. The van der Waals surface area contributed by atoms with E-state index >= 15 is 0 Å². The number of halogens is 1. The Kier molecular flexibility index (Phi) is 3.05. The molecule has 5 heteroatoms. The highest BCUT2D eigenvalue weighted by molar-refractivity contribution is 6.30. The lowest BCUT2D eigenvalue weighted by atomic mass is 9.85. The lowest BCUT2D eigenvalue weighted by Gasteiger charge is -2.19. The summed E-state index contributed by atoms with van der Waals surface area (Å²) in [6.45, 7) is 2.18. The van der Waals surface area contributed by atoms with Crippen LogP contribution < -0.4 is 5.32 Å². The zero-order chi connectivity index (χ0) is 15.4. The standard InChI is InChI=1S/C17H17ClN2O2/c1-9-2-5-12(18)7-13(9)19-8-20-16(21)14-10-3-4-11(6-10)15(14)17(20)22/h2-5,7,10-11,14-15,19H,6,8H2,1H3/t10-,11-,14-,15-/m0/s1. The summed E-state index contributed by atoms with van der Waals surface area (Å²) in [6.07, 6.45) is 5.17. The van der Waals surface area contributed by atoms with Gasteiger partial charge >= 0.3 is 0 Å². The molecule has 0 spiro atoms. The van der Waals surface area contributed by atoms with Crippen LogP contribution in [0.1, 0.15) is 12.0 Å². The van der Waals surface area contributed by atoms with Crippen LogP contribution in [0.25, 0.3) is 0 Å². The molecule has 2 fully saturated rings. The Morgan fingerprint density at radius 2 is 1.82 bits per heavy atom. The molecule has 1 N–H and O–H groups in total. The maximum atomic E-state index is 12.6. The number of carbonyl (C=O) groups excluding carboxylic acids is 2. The molecule has 3 aliphatic rings. The molecule has 0 aromatic heterocycles. The number of allylic oxidation sites excluding steroid dienone is 2. The first-order valence-electron chi connectivity index (χ1n) is 7.60. The van der Waals surface area contributed by atoms with E-state index in [1.54, 1.807) is 0 Å². The van der Waals surface area contributed by atoms with Crippen molar-refractivity contribution in [2.24, 2.45) is 23.7 Å². The number of fused-ring (bicyclic) bond motifs is 5. The van der Waals surface area contributed by atoms with Gasteiger partial charge in [0.05, 0.1) is 18.5 Å². The van der Waals surface area contributed by atoms with E-state index in [4.69, 9.17) is 11.6 Å². The molecule has 0 radical (unpaired) electrons. The molecular formula is C17H17ClN2O2. The maximum absolute atomic E-state index is 12.6. The van der Waals surface area contributed by atoms with Crippen LogP contribution in [-0.2, 0) is 9.59 Å². The van der Waals surface area contributed by atoms with Gasteiger partial charge in [0.2, 0.25) is 11.8 Å². The van der Waals surface area contributed by atoms with E-state index in [9.17, 15) is 9.59 Å². The van der Waals surface area contributed by atoms with Crippen LogP contribution in [0, 0.1) is 30.6 Å². The Morgan fingerprint density at radius 1 is 1.18 bits per heavy atom. The Bertz CT molecular complexity index is 670. The monoisotopic (exact) mass is 316 g/mol. The van der Waals surface area contributed by atoms with Crippen molar-refractivity contribution in [1.29, 1.82) is 0 Å². The summed E-state index contributed by atoms with van der Waals surface area (Å²) in [5.74, 6) is 0.182. The molecule has 2 bridgehead atoms. The molecule has 4 atom stereocenters. The average Bonchev–Trinajstić information content (AvgIpc) is 3.16. The lowest BCUT2D eigenvalue weighted by molar-refractivity contribution is -0.140. The predicted octanol–water partition coefficient (Wildman–Crippen LogP) is 2.82. The summed E-state index contributed by atoms with van der Waals surface area (Å²) in [7, 11) is 0. The number of rotatable bonds is 3. The maximum Gasteiger partial charge on any atom is 0.235 e. The molecule has 4 rings (SSSR count). The van der Waals surface area contributed by atoms with E-state index in [-0.39, 0.29) is 42.2 Å². The van der Waals surface area contributed by atoms with Crippen LogP contribution in [0.4, 0.5) is 5.69 Å². The third-order valence-corrected chi connectivity index (χ3v) is 5.42. The van der Waals surface area contributed by atoms with Gasteiger partial charge in [-0.3, -0.25) is 14.5 Å². The largest absolute Gasteiger partial charge is 0.367 e. The fourth-order valence-corrected chi connectivity index (χ4v) is 4.24. The lowest BCUT2D eigenvalue weighted by Crippen LogP contribution is -2.37. The number of carbonyl (C=O) groups is 2. The number of nitrogens with zero attached hydrogens (tertiary/aromatic N) is 1. The second-order valence-corrected chi connectivity index (χ2v) is 6.83. The molecule has 114 valence electrons. The van der Waals surface area contributed by atoms with E-state index < -0.39 is 0 Å². The van der Waals surface area contributed by atoms with Gasteiger partial charge in [0.15, 0.2) is 0 Å². The Morgan fingerprint density at radius 3 is 2.45 bits per heavy atom. The van der Waals surface area contributed by atoms with Crippen molar-refractivity contribution >= 4 is 29.1 Å². The van der Waals surface area contributed by atoms with Gasteiger partial charge < -0.3 is 5.32 Å². The van der Waals surface area contributed by atoms with Gasteiger partial charge in [0.25, 0.3) is 0 Å². The highest BCUT2D eigenvalue weighted by Gasteiger charge is 2.59. The van der Waals surface area contributed by atoms with Gasteiger partial charge in [-0.2, -0.15) is 0 Å². The van der Waals surface area contributed by atoms with Crippen molar-refractivity contribution in [3.63, 3.8) is 0 Å². The van der Waals surface area contributed by atoms with E-state index in [1.165, 1.54) is 4.90 Å². The van der Waals surface area contributed by atoms with Crippen molar-refractivity contribution in [1.82, 2.24) is 4.90 Å². The van der Waals surface area contributed by atoms with Crippen LogP contribution in [0.15, 0.2) is 30.4 Å². The minimum Gasteiger partial charge on any atom is -0.367 e. The molecule has 22 heavy (non-hydrogen) atoms. The summed E-state index contributed by atoms with van der Waals surface area (Å²) in [5, 5.41) is 3.81. The van der Waals surface area contributed by atoms with Gasteiger partial charge in [-0.05, 0) is 42.9 Å². The fraction of sp³-hybridized carbons (Fsp3) is 0.412. The number of amides is 2. The van der Waals surface area contributed by atoms with Crippen LogP contribution >= 0.6 is 11.6 Å². The van der Waals surface area contributed by atoms with Crippen LogP contribution in [0.2, 0.25) is 5.02 Å². The summed E-state index contributed by atoms with van der Waals surface area (Å²) in [5.41, 5.74) is 1.89. The molecular weight excluding hydrogens is 300 g/mol. The second-order valence-electron chi connectivity index (χ2n) is 6.40. The minimum atomic E-state index is -0.134. The molecule has 1 aromatic carbocycles. The molecule has 1 saturated carbocycles. The van der Waals surface area contributed by atoms with Crippen molar-refractivity contribution in [3.05, 3.63) is 40.9 Å². The summed E-state index contributed by atoms with van der Waals surface area (Å²) in [6, 6.07) is 5.55. The van der Waals surface area contributed by atoms with E-state index in [0.29, 0.717) is 5.02 Å². The quantitative estimate of drug-likeness (QED) is 0.689. The highest BCUT2D eigenvalue weighted by atomic mass is 35.5. The van der Waals surface area contributed by atoms with Crippen molar-refractivity contribution in [2.75, 3.05) is 12.0 Å². The third-order valence-electron chi connectivity index (χ3n) is 5.19. The van der Waals surface area contributed by atoms with Gasteiger partial charge in [-0.1, -0.05) is 29.8 Å². The van der Waals surface area contributed by atoms with E-state index in [0.717, 1.165) is 17.7 Å². The number of hydrogen-bond acceptors (Lipinski definition) is 3. The number of imide groups is 1. The molecule has 2 amide bonds. The van der Waals surface area contributed by atoms with Crippen LogP contribution in [0.5, 0.6) is 0 Å². The number of benzene rings is 1. The van der Waals surface area contributed by atoms with Crippen molar-refractivity contribution in [3.8, 4) is 0 Å². The van der Waals surface area contributed by atoms with E-state index in [2.05, 4.69) is 17.5 Å². The zero-order valence-corrected chi connectivity index (χ0v) is 13.0. The molecule has 1 aliphatic heterocycles. The van der Waals surface area contributed by atoms with Crippen LogP contribution in [-0.4, -0.2) is 23.4 Å². The number of aryl methyl sites for hydroxylation is 1. The average molecular weight is 317 g/mol. The Labute approximate surface area is 134 Å².